The molecule has 114 valence electrons. The lowest BCUT2D eigenvalue weighted by Gasteiger charge is -2.30. The zero-order valence-electron chi connectivity index (χ0n) is 12.4. The van der Waals surface area contributed by atoms with Crippen LogP contribution in [-0.4, -0.2) is 51.1 Å². The molecular weight excluding hydrogens is 288 g/mol. The van der Waals surface area contributed by atoms with Crippen molar-refractivity contribution in [3.8, 4) is 0 Å². The Morgan fingerprint density at radius 1 is 1.48 bits per heavy atom. The molecule has 21 heavy (non-hydrogen) atoms. The lowest BCUT2D eigenvalue weighted by atomic mass is 10.1. The number of aliphatic carboxylic acids is 1. The van der Waals surface area contributed by atoms with Gasteiger partial charge in [0.25, 0.3) is 0 Å². The highest BCUT2D eigenvalue weighted by Gasteiger charge is 2.40. The summed E-state index contributed by atoms with van der Waals surface area (Å²) < 4.78 is 0. The molecule has 1 N–H and O–H groups in total. The SMILES string of the molecule is Cc1cccc(CN(C)C(=O)N2C(C)SCC2C(=O)O)c1. The number of benzene rings is 1. The van der Waals surface area contributed by atoms with Crippen LogP contribution in [0.5, 0.6) is 0 Å². The van der Waals surface area contributed by atoms with Gasteiger partial charge in [-0.1, -0.05) is 29.8 Å². The maximum Gasteiger partial charge on any atom is 0.327 e. The van der Waals surface area contributed by atoms with Crippen LogP contribution in [0.25, 0.3) is 0 Å². The van der Waals surface area contributed by atoms with Gasteiger partial charge in [-0.25, -0.2) is 9.59 Å². The monoisotopic (exact) mass is 308 g/mol. The molecule has 0 saturated carbocycles. The summed E-state index contributed by atoms with van der Waals surface area (Å²) in [5.41, 5.74) is 2.18. The molecule has 2 atom stereocenters. The van der Waals surface area contributed by atoms with Gasteiger partial charge in [-0.05, 0) is 19.4 Å². The predicted molar refractivity (Wildman–Crippen MR) is 83.2 cm³/mol. The third-order valence-electron chi connectivity index (χ3n) is 3.56. The predicted octanol–water partition coefficient (Wildman–Crippen LogP) is 2.39. The van der Waals surface area contributed by atoms with Crippen molar-refractivity contribution in [2.24, 2.45) is 0 Å². The Labute approximate surface area is 128 Å². The molecule has 6 heteroatoms. The number of hydrogen-bond donors (Lipinski definition) is 1. The highest BCUT2D eigenvalue weighted by atomic mass is 32.2. The molecule has 2 rings (SSSR count). The number of carbonyl (C=O) groups excluding carboxylic acids is 1. The van der Waals surface area contributed by atoms with E-state index < -0.39 is 12.0 Å². The van der Waals surface area contributed by atoms with Crippen LogP contribution >= 0.6 is 11.8 Å². The first kappa shape index (κ1) is 15.7. The van der Waals surface area contributed by atoms with Gasteiger partial charge in [0, 0.05) is 19.3 Å². The number of nitrogens with zero attached hydrogens (tertiary/aromatic N) is 2. The highest BCUT2D eigenvalue weighted by Crippen LogP contribution is 2.29. The van der Waals surface area contributed by atoms with Gasteiger partial charge >= 0.3 is 12.0 Å². The maximum absolute atomic E-state index is 12.5. The van der Waals surface area contributed by atoms with Crippen LogP contribution in [-0.2, 0) is 11.3 Å². The van der Waals surface area contributed by atoms with Gasteiger partial charge in [0.15, 0.2) is 0 Å². The average Bonchev–Trinajstić information content (AvgIpc) is 2.80. The minimum Gasteiger partial charge on any atom is -0.480 e. The first-order valence-corrected chi connectivity index (χ1v) is 7.88. The third-order valence-corrected chi connectivity index (χ3v) is 4.78. The number of carbonyl (C=O) groups is 2. The fourth-order valence-corrected chi connectivity index (χ4v) is 3.63. The Kier molecular flexibility index (Phi) is 4.77. The van der Waals surface area contributed by atoms with Crippen LogP contribution in [0.3, 0.4) is 0 Å². The molecule has 2 unspecified atom stereocenters. The van der Waals surface area contributed by atoms with Crippen molar-refractivity contribution in [1.82, 2.24) is 9.80 Å². The maximum atomic E-state index is 12.5. The van der Waals surface area contributed by atoms with Crippen molar-refractivity contribution in [1.29, 1.82) is 0 Å². The van der Waals surface area contributed by atoms with Crippen molar-refractivity contribution in [2.75, 3.05) is 12.8 Å². The van der Waals surface area contributed by atoms with E-state index in [1.54, 1.807) is 11.9 Å². The Morgan fingerprint density at radius 3 is 2.81 bits per heavy atom. The van der Waals surface area contributed by atoms with Gasteiger partial charge < -0.3 is 10.0 Å². The number of carboxylic acid groups (broad SMARTS) is 1. The second-order valence-electron chi connectivity index (χ2n) is 5.32. The molecular formula is C15H20N2O3S. The summed E-state index contributed by atoms with van der Waals surface area (Å²) in [5, 5.41) is 9.12. The van der Waals surface area contributed by atoms with E-state index in [1.807, 2.05) is 38.1 Å². The summed E-state index contributed by atoms with van der Waals surface area (Å²) in [6, 6.07) is 6.98. The number of hydrogen-bond acceptors (Lipinski definition) is 3. The van der Waals surface area contributed by atoms with Gasteiger partial charge in [-0.15, -0.1) is 11.8 Å². The van der Waals surface area contributed by atoms with Crippen molar-refractivity contribution in [2.45, 2.75) is 31.8 Å². The van der Waals surface area contributed by atoms with Crippen LogP contribution < -0.4 is 0 Å². The number of thioether (sulfide) groups is 1. The van der Waals surface area contributed by atoms with Crippen LogP contribution in [0.2, 0.25) is 0 Å². The molecule has 1 heterocycles. The van der Waals surface area contributed by atoms with E-state index in [0.29, 0.717) is 12.3 Å². The van der Waals surface area contributed by atoms with E-state index in [9.17, 15) is 14.7 Å². The minimum atomic E-state index is -0.941. The fraction of sp³-hybridized carbons (Fsp3) is 0.467. The quantitative estimate of drug-likeness (QED) is 0.931. The minimum absolute atomic E-state index is 0.112. The average molecular weight is 308 g/mol. The lowest BCUT2D eigenvalue weighted by molar-refractivity contribution is -0.141. The summed E-state index contributed by atoms with van der Waals surface area (Å²) in [6.07, 6.45) is 0. The summed E-state index contributed by atoms with van der Waals surface area (Å²) in [4.78, 5) is 26.8. The zero-order valence-corrected chi connectivity index (χ0v) is 13.3. The van der Waals surface area contributed by atoms with E-state index in [1.165, 1.54) is 16.7 Å². The Balaban J connectivity index is 2.09. The van der Waals surface area contributed by atoms with E-state index >= 15 is 0 Å². The first-order valence-electron chi connectivity index (χ1n) is 6.83. The van der Waals surface area contributed by atoms with Gasteiger partial charge in [-0.3, -0.25) is 4.90 Å². The molecule has 1 fully saturated rings. The van der Waals surface area contributed by atoms with Crippen molar-refractivity contribution >= 4 is 23.8 Å². The standard InChI is InChI=1S/C15H20N2O3S/c1-10-5-4-6-12(7-10)8-16(3)15(20)17-11(2)21-9-13(17)14(18)19/h4-7,11,13H,8-9H2,1-3H3,(H,18,19). The molecule has 0 spiro atoms. The van der Waals surface area contributed by atoms with Gasteiger partial charge in [-0.2, -0.15) is 0 Å². The third kappa shape index (κ3) is 3.50. The van der Waals surface area contributed by atoms with Gasteiger partial charge in [0.05, 0.1) is 5.37 Å². The van der Waals surface area contributed by atoms with Crippen LogP contribution in [0.4, 0.5) is 4.79 Å². The van der Waals surface area contributed by atoms with E-state index in [2.05, 4.69) is 0 Å². The number of rotatable bonds is 3. The van der Waals surface area contributed by atoms with Crippen LogP contribution in [0.1, 0.15) is 18.1 Å². The highest BCUT2D eigenvalue weighted by molar-refractivity contribution is 8.00. The summed E-state index contributed by atoms with van der Waals surface area (Å²) >= 11 is 1.49. The molecule has 1 aliphatic rings. The van der Waals surface area contributed by atoms with E-state index in [-0.39, 0.29) is 11.4 Å². The molecule has 0 aliphatic carbocycles. The summed E-state index contributed by atoms with van der Waals surface area (Å²) in [5.74, 6) is -0.496. The number of aryl methyl sites for hydroxylation is 1. The van der Waals surface area contributed by atoms with Crippen LogP contribution in [0.15, 0.2) is 24.3 Å². The Bertz CT molecular complexity index is 549. The van der Waals surface area contributed by atoms with Crippen molar-refractivity contribution in [3.63, 3.8) is 0 Å². The molecule has 1 aromatic rings. The van der Waals surface area contributed by atoms with Gasteiger partial charge in [0.2, 0.25) is 0 Å². The number of amides is 2. The molecule has 0 aromatic heterocycles. The number of carboxylic acids is 1. The summed E-state index contributed by atoms with van der Waals surface area (Å²) in [6.45, 7) is 4.34. The topological polar surface area (TPSA) is 60.9 Å². The first-order chi connectivity index (χ1) is 9.90. The van der Waals surface area contributed by atoms with E-state index in [0.717, 1.165) is 11.1 Å². The molecule has 1 saturated heterocycles. The van der Waals surface area contributed by atoms with Crippen LogP contribution in [0, 0.1) is 6.92 Å². The zero-order chi connectivity index (χ0) is 15.6. The largest absolute Gasteiger partial charge is 0.480 e. The number of urea groups is 1. The Hall–Kier alpha value is -1.69. The molecule has 1 aromatic carbocycles. The fourth-order valence-electron chi connectivity index (χ4n) is 2.47. The molecule has 0 radical (unpaired) electrons. The smallest absolute Gasteiger partial charge is 0.327 e. The normalized spacial score (nSPS) is 21.4. The second-order valence-corrected chi connectivity index (χ2v) is 6.67. The molecule has 0 bridgehead atoms. The molecule has 2 amide bonds. The molecule has 1 aliphatic heterocycles. The van der Waals surface area contributed by atoms with Gasteiger partial charge in [0.1, 0.15) is 6.04 Å². The lowest BCUT2D eigenvalue weighted by Crippen LogP contribution is -2.49. The van der Waals surface area contributed by atoms with Crippen molar-refractivity contribution in [3.05, 3.63) is 35.4 Å². The second kappa shape index (κ2) is 6.39. The Morgan fingerprint density at radius 2 is 2.19 bits per heavy atom. The molecule has 5 nitrogen and oxygen atoms in total. The van der Waals surface area contributed by atoms with Crippen molar-refractivity contribution < 1.29 is 14.7 Å². The summed E-state index contributed by atoms with van der Waals surface area (Å²) in [7, 11) is 1.71. The van der Waals surface area contributed by atoms with E-state index in [4.69, 9.17) is 0 Å².